The average Bonchev–Trinajstić information content (AvgIpc) is 2.74. The summed E-state index contributed by atoms with van der Waals surface area (Å²) in [5, 5.41) is 3.00. The lowest BCUT2D eigenvalue weighted by molar-refractivity contribution is 0.0939. The van der Waals surface area contributed by atoms with Crippen LogP contribution in [0.25, 0.3) is 0 Å². The number of amides is 1. The monoisotopic (exact) mass is 414 g/mol. The van der Waals surface area contributed by atoms with Gasteiger partial charge in [0.1, 0.15) is 0 Å². The van der Waals surface area contributed by atoms with Crippen molar-refractivity contribution in [2.24, 2.45) is 0 Å². The summed E-state index contributed by atoms with van der Waals surface area (Å²) < 4.78 is 27.5. The van der Waals surface area contributed by atoms with Crippen LogP contribution in [0.2, 0.25) is 0 Å². The van der Waals surface area contributed by atoms with Crippen molar-refractivity contribution in [2.45, 2.75) is 57.4 Å². The molecule has 3 rings (SSSR count). The number of piperidine rings is 1. The molecule has 1 unspecified atom stereocenters. The molecule has 1 aliphatic rings. The molecule has 1 N–H and O–H groups in total. The number of aryl methyl sites for hydroxylation is 2. The van der Waals surface area contributed by atoms with E-state index in [2.05, 4.69) is 24.4 Å². The molecule has 6 heteroatoms. The van der Waals surface area contributed by atoms with Gasteiger partial charge in [0, 0.05) is 18.7 Å². The van der Waals surface area contributed by atoms with Crippen LogP contribution in [0, 0.1) is 6.92 Å². The van der Waals surface area contributed by atoms with Gasteiger partial charge in [-0.3, -0.25) is 4.79 Å². The SMILES string of the molecule is CCc1ccc(C(C)NC(=O)c2cc(S(=O)(=O)N3CCCCC3)ccc2C)cc1. The van der Waals surface area contributed by atoms with E-state index in [9.17, 15) is 13.2 Å². The normalized spacial score (nSPS) is 16.4. The third-order valence-corrected chi connectivity index (χ3v) is 7.54. The molecule has 0 bridgehead atoms. The van der Waals surface area contributed by atoms with Crippen LogP contribution in [0.3, 0.4) is 0 Å². The van der Waals surface area contributed by atoms with Crippen molar-refractivity contribution in [1.29, 1.82) is 0 Å². The highest BCUT2D eigenvalue weighted by Crippen LogP contribution is 2.23. The lowest BCUT2D eigenvalue weighted by Gasteiger charge is -2.26. The van der Waals surface area contributed by atoms with Crippen molar-refractivity contribution in [3.05, 3.63) is 64.7 Å². The Labute approximate surface area is 174 Å². The number of benzene rings is 2. The van der Waals surface area contributed by atoms with Crippen molar-refractivity contribution in [3.63, 3.8) is 0 Å². The fraction of sp³-hybridized carbons (Fsp3) is 0.435. The minimum absolute atomic E-state index is 0.171. The summed E-state index contributed by atoms with van der Waals surface area (Å²) in [6.45, 7) is 6.95. The van der Waals surface area contributed by atoms with Gasteiger partial charge >= 0.3 is 0 Å². The van der Waals surface area contributed by atoms with Crippen molar-refractivity contribution in [2.75, 3.05) is 13.1 Å². The van der Waals surface area contributed by atoms with E-state index in [1.165, 1.54) is 15.9 Å². The first-order valence-corrected chi connectivity index (χ1v) is 11.8. The number of nitrogens with zero attached hydrogens (tertiary/aromatic N) is 1. The number of hydrogen-bond acceptors (Lipinski definition) is 3. The highest BCUT2D eigenvalue weighted by molar-refractivity contribution is 7.89. The van der Waals surface area contributed by atoms with E-state index >= 15 is 0 Å². The van der Waals surface area contributed by atoms with Crippen LogP contribution in [-0.2, 0) is 16.4 Å². The number of hydrogen-bond donors (Lipinski definition) is 1. The van der Waals surface area contributed by atoms with E-state index in [1.54, 1.807) is 12.1 Å². The maximum atomic E-state index is 13.0. The second-order valence-corrected chi connectivity index (χ2v) is 9.67. The Morgan fingerprint density at radius 2 is 1.72 bits per heavy atom. The van der Waals surface area contributed by atoms with Gasteiger partial charge in [-0.1, -0.05) is 43.7 Å². The third-order valence-electron chi connectivity index (χ3n) is 5.64. The second-order valence-electron chi connectivity index (χ2n) is 7.73. The number of carbonyl (C=O) groups excluding carboxylic acids is 1. The van der Waals surface area contributed by atoms with E-state index < -0.39 is 10.0 Å². The molecule has 1 amide bonds. The molecule has 1 saturated heterocycles. The minimum atomic E-state index is -3.57. The van der Waals surface area contributed by atoms with Crippen LogP contribution in [-0.4, -0.2) is 31.7 Å². The molecule has 1 heterocycles. The summed E-state index contributed by atoms with van der Waals surface area (Å²) in [5.74, 6) is -0.259. The van der Waals surface area contributed by atoms with Gasteiger partial charge in [-0.05, 0) is 61.9 Å². The number of rotatable bonds is 6. The molecule has 5 nitrogen and oxygen atoms in total. The first kappa shape index (κ1) is 21.5. The Kier molecular flexibility index (Phi) is 6.75. The molecule has 2 aromatic rings. The van der Waals surface area contributed by atoms with Gasteiger partial charge in [-0.25, -0.2) is 8.42 Å². The molecule has 2 aromatic carbocycles. The zero-order valence-electron chi connectivity index (χ0n) is 17.4. The fourth-order valence-electron chi connectivity index (χ4n) is 3.66. The average molecular weight is 415 g/mol. The fourth-order valence-corrected chi connectivity index (χ4v) is 5.20. The van der Waals surface area contributed by atoms with Crippen molar-refractivity contribution in [1.82, 2.24) is 9.62 Å². The molecule has 0 aliphatic carbocycles. The Hall–Kier alpha value is -2.18. The van der Waals surface area contributed by atoms with Crippen LogP contribution in [0.4, 0.5) is 0 Å². The standard InChI is InChI=1S/C23H30N2O3S/c1-4-19-9-11-20(12-10-19)18(3)24-23(26)22-16-21(13-8-17(22)2)29(27,28)25-14-6-5-7-15-25/h8-13,16,18H,4-7,14-15H2,1-3H3,(H,24,26). The molecule has 0 radical (unpaired) electrons. The number of sulfonamides is 1. The Balaban J connectivity index is 1.80. The van der Waals surface area contributed by atoms with Crippen molar-refractivity contribution in [3.8, 4) is 0 Å². The van der Waals surface area contributed by atoms with Gasteiger partial charge in [0.05, 0.1) is 10.9 Å². The van der Waals surface area contributed by atoms with Crippen LogP contribution < -0.4 is 5.32 Å². The molecular formula is C23H30N2O3S. The molecule has 1 fully saturated rings. The van der Waals surface area contributed by atoms with Crippen LogP contribution in [0.5, 0.6) is 0 Å². The molecule has 0 spiro atoms. The Morgan fingerprint density at radius 3 is 2.34 bits per heavy atom. The summed E-state index contributed by atoms with van der Waals surface area (Å²) in [4.78, 5) is 13.1. The quantitative estimate of drug-likeness (QED) is 0.769. The molecule has 0 saturated carbocycles. The molecule has 0 aromatic heterocycles. The van der Waals surface area contributed by atoms with E-state index in [0.29, 0.717) is 18.7 Å². The number of carbonyl (C=O) groups is 1. The maximum absolute atomic E-state index is 13.0. The topological polar surface area (TPSA) is 66.5 Å². The van der Waals surface area contributed by atoms with E-state index in [1.807, 2.05) is 26.0 Å². The third kappa shape index (κ3) is 4.87. The molecule has 1 atom stereocenters. The zero-order chi connectivity index (χ0) is 21.0. The maximum Gasteiger partial charge on any atom is 0.252 e. The van der Waals surface area contributed by atoms with Crippen molar-refractivity contribution >= 4 is 15.9 Å². The lowest BCUT2D eigenvalue weighted by Crippen LogP contribution is -2.35. The smallest absolute Gasteiger partial charge is 0.252 e. The molecule has 29 heavy (non-hydrogen) atoms. The van der Waals surface area contributed by atoms with E-state index in [0.717, 1.165) is 36.8 Å². The number of nitrogens with one attached hydrogen (secondary N) is 1. The first-order chi connectivity index (χ1) is 13.8. The van der Waals surface area contributed by atoms with E-state index in [4.69, 9.17) is 0 Å². The Bertz CT molecular complexity index is 962. The van der Waals surface area contributed by atoms with Gasteiger partial charge in [-0.2, -0.15) is 4.31 Å². The van der Waals surface area contributed by atoms with Gasteiger partial charge in [-0.15, -0.1) is 0 Å². The highest BCUT2D eigenvalue weighted by atomic mass is 32.2. The van der Waals surface area contributed by atoms with Crippen LogP contribution in [0.15, 0.2) is 47.4 Å². The first-order valence-electron chi connectivity index (χ1n) is 10.3. The van der Waals surface area contributed by atoms with Crippen molar-refractivity contribution < 1.29 is 13.2 Å². The molecule has 1 aliphatic heterocycles. The zero-order valence-corrected chi connectivity index (χ0v) is 18.3. The van der Waals surface area contributed by atoms with Crippen LogP contribution >= 0.6 is 0 Å². The summed E-state index contributed by atoms with van der Waals surface area (Å²) >= 11 is 0. The minimum Gasteiger partial charge on any atom is -0.346 e. The summed E-state index contributed by atoms with van der Waals surface area (Å²) in [6, 6.07) is 12.8. The van der Waals surface area contributed by atoms with Gasteiger partial charge in [0.2, 0.25) is 10.0 Å². The molecular weight excluding hydrogens is 384 g/mol. The van der Waals surface area contributed by atoms with Gasteiger partial charge in [0.25, 0.3) is 5.91 Å². The highest BCUT2D eigenvalue weighted by Gasteiger charge is 2.27. The Morgan fingerprint density at radius 1 is 1.07 bits per heavy atom. The second kappa shape index (κ2) is 9.09. The molecule has 156 valence electrons. The van der Waals surface area contributed by atoms with Gasteiger partial charge < -0.3 is 5.32 Å². The predicted octanol–water partition coefficient (Wildman–Crippen LogP) is 4.22. The lowest BCUT2D eigenvalue weighted by atomic mass is 10.0. The van der Waals surface area contributed by atoms with Gasteiger partial charge in [0.15, 0.2) is 0 Å². The van der Waals surface area contributed by atoms with E-state index in [-0.39, 0.29) is 16.8 Å². The summed E-state index contributed by atoms with van der Waals surface area (Å²) in [6.07, 6.45) is 3.79. The predicted molar refractivity (Wildman–Crippen MR) is 115 cm³/mol. The summed E-state index contributed by atoms with van der Waals surface area (Å²) in [5.41, 5.74) is 3.43. The van der Waals surface area contributed by atoms with Crippen LogP contribution in [0.1, 0.15) is 66.2 Å². The summed E-state index contributed by atoms with van der Waals surface area (Å²) in [7, 11) is -3.57. The largest absolute Gasteiger partial charge is 0.346 e.